The van der Waals surface area contributed by atoms with Gasteiger partial charge in [-0.05, 0) is 30.0 Å². The number of nitrogens with one attached hydrogen (secondary N) is 2. The molecule has 1 aliphatic carbocycles. The molecular weight excluding hydrogens is 358 g/mol. The minimum Gasteiger partial charge on any atom is -0.508 e. The van der Waals surface area contributed by atoms with Gasteiger partial charge in [0.15, 0.2) is 5.78 Å². The SMILES string of the molecule is CC1(C)CC(=O)C2=C(C1)Nc1ccccc1N[C@@H]2c1cc([N+](=O)[O-])ccc1O. The first-order chi connectivity index (χ1) is 13.2. The molecule has 2 aliphatic rings. The Kier molecular flexibility index (Phi) is 4.10. The molecule has 0 bridgehead atoms. The molecule has 1 heterocycles. The van der Waals surface area contributed by atoms with E-state index in [1.807, 2.05) is 38.1 Å². The molecule has 0 unspecified atom stereocenters. The van der Waals surface area contributed by atoms with Crippen molar-refractivity contribution in [2.75, 3.05) is 10.6 Å². The first kappa shape index (κ1) is 18.0. The van der Waals surface area contributed by atoms with Crippen LogP contribution in [0, 0.1) is 15.5 Å². The van der Waals surface area contributed by atoms with Crippen LogP contribution in [0.3, 0.4) is 0 Å². The van der Waals surface area contributed by atoms with Gasteiger partial charge in [0, 0.05) is 35.4 Å². The van der Waals surface area contributed by atoms with E-state index in [2.05, 4.69) is 10.6 Å². The highest BCUT2D eigenvalue weighted by Gasteiger charge is 2.39. The van der Waals surface area contributed by atoms with Crippen LogP contribution in [0.15, 0.2) is 53.7 Å². The lowest BCUT2D eigenvalue weighted by Crippen LogP contribution is -2.31. The Morgan fingerprint density at radius 2 is 1.86 bits per heavy atom. The van der Waals surface area contributed by atoms with Crippen molar-refractivity contribution in [3.63, 3.8) is 0 Å². The van der Waals surface area contributed by atoms with Crippen molar-refractivity contribution in [1.82, 2.24) is 0 Å². The topological polar surface area (TPSA) is 104 Å². The number of para-hydroxylation sites is 2. The normalized spacial score (nSPS) is 20.4. The van der Waals surface area contributed by atoms with Gasteiger partial charge in [-0.3, -0.25) is 14.9 Å². The number of Topliss-reactive ketones (excluding diaryl/α,β-unsaturated/α-hetero) is 1. The van der Waals surface area contributed by atoms with E-state index < -0.39 is 11.0 Å². The number of hydrogen-bond donors (Lipinski definition) is 3. The van der Waals surface area contributed by atoms with Gasteiger partial charge < -0.3 is 15.7 Å². The fourth-order valence-corrected chi connectivity index (χ4v) is 4.01. The molecule has 28 heavy (non-hydrogen) atoms. The van der Waals surface area contributed by atoms with Crippen molar-refractivity contribution in [3.05, 3.63) is 69.4 Å². The van der Waals surface area contributed by atoms with E-state index in [9.17, 15) is 20.0 Å². The molecule has 144 valence electrons. The zero-order valence-electron chi connectivity index (χ0n) is 15.7. The van der Waals surface area contributed by atoms with E-state index in [4.69, 9.17) is 0 Å². The third kappa shape index (κ3) is 3.09. The molecule has 2 aromatic rings. The van der Waals surface area contributed by atoms with Crippen LogP contribution in [0.2, 0.25) is 0 Å². The average molecular weight is 379 g/mol. The number of ketones is 1. The quantitative estimate of drug-likeness (QED) is 0.523. The van der Waals surface area contributed by atoms with Gasteiger partial charge in [0.2, 0.25) is 0 Å². The van der Waals surface area contributed by atoms with Gasteiger partial charge in [-0.25, -0.2) is 0 Å². The van der Waals surface area contributed by atoms with E-state index in [-0.39, 0.29) is 22.6 Å². The Hall–Kier alpha value is -3.35. The summed E-state index contributed by atoms with van der Waals surface area (Å²) < 4.78 is 0. The number of phenolic OH excluding ortho intramolecular Hbond substituents is 1. The number of nitro benzene ring substituents is 1. The second kappa shape index (κ2) is 6.37. The lowest BCUT2D eigenvalue weighted by molar-refractivity contribution is -0.384. The number of nitrogens with zero attached hydrogens (tertiary/aromatic N) is 1. The van der Waals surface area contributed by atoms with Crippen molar-refractivity contribution in [1.29, 1.82) is 0 Å². The molecule has 0 aromatic heterocycles. The predicted molar refractivity (Wildman–Crippen MR) is 106 cm³/mol. The number of benzene rings is 2. The van der Waals surface area contributed by atoms with Crippen LogP contribution in [-0.2, 0) is 4.79 Å². The van der Waals surface area contributed by atoms with Crippen molar-refractivity contribution < 1.29 is 14.8 Å². The molecule has 0 saturated carbocycles. The predicted octanol–water partition coefficient (Wildman–Crippen LogP) is 4.52. The summed E-state index contributed by atoms with van der Waals surface area (Å²) in [5, 5.41) is 28.4. The van der Waals surface area contributed by atoms with Crippen LogP contribution >= 0.6 is 0 Å². The molecule has 4 rings (SSSR count). The largest absolute Gasteiger partial charge is 0.508 e. The van der Waals surface area contributed by atoms with Crippen LogP contribution in [0.5, 0.6) is 5.75 Å². The summed E-state index contributed by atoms with van der Waals surface area (Å²) in [4.78, 5) is 23.9. The molecule has 0 fully saturated rings. The molecular formula is C21H21N3O4. The summed E-state index contributed by atoms with van der Waals surface area (Å²) in [6.45, 7) is 4.08. The van der Waals surface area contributed by atoms with Gasteiger partial charge in [0.25, 0.3) is 5.69 Å². The zero-order chi connectivity index (χ0) is 20.1. The Morgan fingerprint density at radius 3 is 2.57 bits per heavy atom. The number of carbonyl (C=O) groups excluding carboxylic acids is 1. The Balaban J connectivity index is 1.93. The standard InChI is InChI=1S/C21H21N3O4/c1-21(2)10-16-19(18(26)11-21)20(23-15-6-4-3-5-14(15)22-16)13-9-12(24(27)28)7-8-17(13)25/h3-9,20,22-23,25H,10-11H2,1-2H3/t20-/m1/s1. The number of rotatable bonds is 2. The third-order valence-electron chi connectivity index (χ3n) is 5.25. The summed E-state index contributed by atoms with van der Waals surface area (Å²) >= 11 is 0. The van der Waals surface area contributed by atoms with Gasteiger partial charge in [-0.2, -0.15) is 0 Å². The van der Waals surface area contributed by atoms with E-state index in [1.165, 1.54) is 18.2 Å². The van der Waals surface area contributed by atoms with Crippen molar-refractivity contribution >= 4 is 22.8 Å². The average Bonchev–Trinajstić information content (AvgIpc) is 2.77. The molecule has 0 amide bonds. The summed E-state index contributed by atoms with van der Waals surface area (Å²) in [6, 6.07) is 10.8. The smallest absolute Gasteiger partial charge is 0.270 e. The number of carbonyl (C=O) groups is 1. The first-order valence-electron chi connectivity index (χ1n) is 9.11. The maximum atomic E-state index is 13.1. The first-order valence-corrected chi connectivity index (χ1v) is 9.11. The zero-order valence-corrected chi connectivity index (χ0v) is 15.7. The highest BCUT2D eigenvalue weighted by Crippen LogP contribution is 2.47. The van der Waals surface area contributed by atoms with Crippen LogP contribution in [0.4, 0.5) is 17.1 Å². The molecule has 0 spiro atoms. The van der Waals surface area contributed by atoms with Gasteiger partial charge in [-0.1, -0.05) is 26.0 Å². The lowest BCUT2D eigenvalue weighted by atomic mass is 9.73. The fourth-order valence-electron chi connectivity index (χ4n) is 4.01. The molecule has 7 heteroatoms. The highest BCUT2D eigenvalue weighted by molar-refractivity contribution is 6.01. The summed E-state index contributed by atoms with van der Waals surface area (Å²) in [7, 11) is 0. The second-order valence-electron chi connectivity index (χ2n) is 8.08. The fraction of sp³-hybridized carbons (Fsp3) is 0.286. The number of non-ortho nitro benzene ring substituents is 1. The molecule has 1 aliphatic heterocycles. The van der Waals surface area contributed by atoms with E-state index in [1.54, 1.807) is 0 Å². The number of nitro groups is 1. The van der Waals surface area contributed by atoms with E-state index in [0.29, 0.717) is 24.0 Å². The lowest BCUT2D eigenvalue weighted by Gasteiger charge is -2.34. The van der Waals surface area contributed by atoms with Crippen LogP contribution in [0.1, 0.15) is 38.3 Å². The van der Waals surface area contributed by atoms with Gasteiger partial charge >= 0.3 is 0 Å². The minimum atomic E-state index is -0.686. The van der Waals surface area contributed by atoms with Crippen LogP contribution < -0.4 is 10.6 Å². The number of fused-ring (bicyclic) bond motifs is 1. The van der Waals surface area contributed by atoms with Crippen LogP contribution in [0.25, 0.3) is 0 Å². The number of phenols is 1. The molecule has 3 N–H and O–H groups in total. The third-order valence-corrected chi connectivity index (χ3v) is 5.25. The number of hydrogen-bond acceptors (Lipinski definition) is 6. The van der Waals surface area contributed by atoms with Crippen molar-refractivity contribution in [2.24, 2.45) is 5.41 Å². The molecule has 1 atom stereocenters. The van der Waals surface area contributed by atoms with Gasteiger partial charge in [0.05, 0.1) is 22.3 Å². The van der Waals surface area contributed by atoms with Gasteiger partial charge in [-0.15, -0.1) is 0 Å². The molecule has 0 saturated heterocycles. The highest BCUT2D eigenvalue weighted by atomic mass is 16.6. The Bertz CT molecular complexity index is 1030. The number of anilines is 2. The summed E-state index contributed by atoms with van der Waals surface area (Å²) in [5.74, 6) is -0.123. The number of allylic oxidation sites excluding steroid dienone is 1. The molecule has 7 nitrogen and oxygen atoms in total. The van der Waals surface area contributed by atoms with Gasteiger partial charge in [0.1, 0.15) is 5.75 Å². The molecule has 2 aromatic carbocycles. The Morgan fingerprint density at radius 1 is 1.14 bits per heavy atom. The van der Waals surface area contributed by atoms with E-state index in [0.717, 1.165) is 17.1 Å². The van der Waals surface area contributed by atoms with Crippen LogP contribution in [-0.4, -0.2) is 15.8 Å². The van der Waals surface area contributed by atoms with Crippen molar-refractivity contribution in [2.45, 2.75) is 32.7 Å². The maximum Gasteiger partial charge on any atom is 0.270 e. The Labute approximate surface area is 162 Å². The van der Waals surface area contributed by atoms with Crippen molar-refractivity contribution in [3.8, 4) is 5.75 Å². The second-order valence-corrected chi connectivity index (χ2v) is 8.08. The van der Waals surface area contributed by atoms with E-state index >= 15 is 0 Å². The minimum absolute atomic E-state index is 0.0324. The maximum absolute atomic E-state index is 13.1. The monoisotopic (exact) mass is 379 g/mol. The number of aromatic hydroxyl groups is 1. The summed E-state index contributed by atoms with van der Waals surface area (Å²) in [6.07, 6.45) is 1.04. The summed E-state index contributed by atoms with van der Waals surface area (Å²) in [5.41, 5.74) is 2.88. The molecule has 0 radical (unpaired) electrons.